The number of nitrogens with zero attached hydrogens (tertiary/aromatic N) is 1. The van der Waals surface area contributed by atoms with E-state index in [4.69, 9.17) is 9.72 Å². The maximum atomic E-state index is 14.4. The summed E-state index contributed by atoms with van der Waals surface area (Å²) in [6.45, 7) is 4.09. The van der Waals surface area contributed by atoms with Crippen LogP contribution in [0.25, 0.3) is 22.4 Å². The molecule has 0 amide bonds. The van der Waals surface area contributed by atoms with Crippen molar-refractivity contribution < 1.29 is 24.1 Å². The molecule has 33 heavy (non-hydrogen) atoms. The van der Waals surface area contributed by atoms with Gasteiger partial charge in [0.05, 0.1) is 18.2 Å². The number of aromatic nitrogens is 1. The van der Waals surface area contributed by atoms with Crippen molar-refractivity contribution in [3.05, 3.63) is 77.2 Å². The van der Waals surface area contributed by atoms with Gasteiger partial charge in [0.2, 0.25) is 0 Å². The van der Waals surface area contributed by atoms with E-state index in [2.05, 4.69) is 0 Å². The lowest BCUT2D eigenvalue weighted by Gasteiger charge is -2.43. The summed E-state index contributed by atoms with van der Waals surface area (Å²) in [4.78, 5) is 17.0. The van der Waals surface area contributed by atoms with Crippen LogP contribution < -0.4 is 0 Å². The molecule has 0 bridgehead atoms. The zero-order chi connectivity index (χ0) is 23.3. The van der Waals surface area contributed by atoms with Crippen LogP contribution in [0.2, 0.25) is 0 Å². The zero-order valence-electron chi connectivity index (χ0n) is 18.6. The highest BCUT2D eigenvalue weighted by molar-refractivity contribution is 5.80. The first kappa shape index (κ1) is 21.7. The Morgan fingerprint density at radius 1 is 1.12 bits per heavy atom. The first-order chi connectivity index (χ1) is 15.8. The molecule has 2 aliphatic rings. The molecule has 2 unspecified atom stereocenters. The Balaban J connectivity index is 1.74. The van der Waals surface area contributed by atoms with Crippen LogP contribution in [-0.4, -0.2) is 33.4 Å². The van der Waals surface area contributed by atoms with Gasteiger partial charge < -0.3 is 14.9 Å². The molecular formula is C27H26FNO4. The highest BCUT2D eigenvalue weighted by Crippen LogP contribution is 2.48. The van der Waals surface area contributed by atoms with Gasteiger partial charge in [-0.3, -0.25) is 9.78 Å². The Bertz CT molecular complexity index is 1230. The van der Waals surface area contributed by atoms with Gasteiger partial charge >= 0.3 is 5.97 Å². The van der Waals surface area contributed by atoms with Gasteiger partial charge in [-0.1, -0.05) is 50.2 Å². The summed E-state index contributed by atoms with van der Waals surface area (Å²) >= 11 is 0. The van der Waals surface area contributed by atoms with Gasteiger partial charge in [-0.2, -0.15) is 0 Å². The topological polar surface area (TPSA) is 79.7 Å². The number of halogens is 1. The van der Waals surface area contributed by atoms with E-state index in [-0.39, 0.29) is 25.2 Å². The van der Waals surface area contributed by atoms with E-state index >= 15 is 0 Å². The largest absolute Gasteiger partial charge is 0.459 e. The minimum atomic E-state index is -1.68. The van der Waals surface area contributed by atoms with Crippen molar-refractivity contribution >= 4 is 5.97 Å². The van der Waals surface area contributed by atoms with Crippen LogP contribution in [0.15, 0.2) is 54.6 Å². The number of fused-ring (bicyclic) bond motifs is 3. The summed E-state index contributed by atoms with van der Waals surface area (Å²) in [6.07, 6.45) is -1.82. The van der Waals surface area contributed by atoms with E-state index in [9.17, 15) is 19.4 Å². The number of hydrogen-bond donors (Lipinski definition) is 2. The van der Waals surface area contributed by atoms with Crippen LogP contribution in [0.4, 0.5) is 4.39 Å². The molecule has 5 nitrogen and oxygen atoms in total. The number of aliphatic hydroxyl groups is 2. The van der Waals surface area contributed by atoms with Crippen molar-refractivity contribution in [1.29, 1.82) is 0 Å². The third kappa shape index (κ3) is 3.73. The number of rotatable bonds is 3. The second-order valence-corrected chi connectivity index (χ2v) is 9.30. The van der Waals surface area contributed by atoms with E-state index in [1.54, 1.807) is 6.07 Å². The molecule has 0 radical (unpaired) electrons. The molecule has 3 aromatic rings. The van der Waals surface area contributed by atoms with Gasteiger partial charge in [-0.25, -0.2) is 4.39 Å². The van der Waals surface area contributed by atoms with Gasteiger partial charge in [0.1, 0.15) is 17.5 Å². The van der Waals surface area contributed by atoms with E-state index in [0.717, 1.165) is 28.1 Å². The number of benzene rings is 2. The Morgan fingerprint density at radius 2 is 1.88 bits per heavy atom. The Morgan fingerprint density at radius 3 is 2.58 bits per heavy atom. The number of carbonyl (C=O) groups is 1. The highest BCUT2D eigenvalue weighted by Gasteiger charge is 2.49. The molecular weight excluding hydrogens is 421 g/mol. The van der Waals surface area contributed by atoms with Crippen LogP contribution in [-0.2, 0) is 21.6 Å². The predicted octanol–water partition coefficient (Wildman–Crippen LogP) is 4.49. The summed E-state index contributed by atoms with van der Waals surface area (Å²) in [5, 5.41) is 22.2. The average Bonchev–Trinajstić information content (AvgIpc) is 2.78. The van der Waals surface area contributed by atoms with Crippen molar-refractivity contribution in [3.63, 3.8) is 0 Å². The fraction of sp³-hybridized carbons (Fsp3) is 0.333. The lowest BCUT2D eigenvalue weighted by atomic mass is 9.70. The maximum Gasteiger partial charge on any atom is 0.308 e. The van der Waals surface area contributed by atoms with E-state index in [0.29, 0.717) is 11.1 Å². The van der Waals surface area contributed by atoms with Crippen LogP contribution in [0, 0.1) is 5.82 Å². The molecule has 0 saturated carbocycles. The minimum Gasteiger partial charge on any atom is -0.459 e. The van der Waals surface area contributed by atoms with Gasteiger partial charge in [0, 0.05) is 24.1 Å². The first-order valence-electron chi connectivity index (χ1n) is 11.3. The molecule has 1 saturated heterocycles. The van der Waals surface area contributed by atoms with Gasteiger partial charge in [0.15, 0.2) is 0 Å². The first-order valence-corrected chi connectivity index (χ1v) is 11.3. The SMILES string of the molecule is CC(C)c1nc(-c2ccccc2)cc2c1C[C@@](O)(C1CC(O)CC(=O)O1)c1cc(F)ccc1-2. The minimum absolute atomic E-state index is 0.0631. The standard InChI is InChI=1S/C27H26FNO4/c1-15(2)26-21-14-27(32,24-11-18(30)12-25(31)33-24)22-10-17(28)8-9-19(22)20(21)13-23(29-26)16-6-4-3-5-7-16/h3-10,13,15,18,24,30,32H,11-12,14H2,1-2H3/t18?,24?,27-/m0/s1. The van der Waals surface area contributed by atoms with Crippen LogP contribution in [0.5, 0.6) is 0 Å². The molecule has 1 aromatic heterocycles. The monoisotopic (exact) mass is 447 g/mol. The number of hydrogen-bond acceptors (Lipinski definition) is 5. The van der Waals surface area contributed by atoms with Crippen LogP contribution in [0.3, 0.4) is 0 Å². The van der Waals surface area contributed by atoms with Crippen LogP contribution >= 0.6 is 0 Å². The lowest BCUT2D eigenvalue weighted by Crippen LogP contribution is -2.50. The predicted molar refractivity (Wildman–Crippen MR) is 122 cm³/mol. The van der Waals surface area contributed by atoms with Crippen molar-refractivity contribution in [3.8, 4) is 22.4 Å². The fourth-order valence-corrected chi connectivity index (χ4v) is 5.08. The quantitative estimate of drug-likeness (QED) is 0.579. The lowest BCUT2D eigenvalue weighted by molar-refractivity contribution is -0.184. The van der Waals surface area contributed by atoms with Gasteiger partial charge in [-0.05, 0) is 46.4 Å². The molecule has 0 spiro atoms. The second kappa shape index (κ2) is 8.04. The third-order valence-corrected chi connectivity index (χ3v) is 6.65. The van der Waals surface area contributed by atoms with Crippen molar-refractivity contribution in [2.45, 2.75) is 56.8 Å². The second-order valence-electron chi connectivity index (χ2n) is 9.30. The summed E-state index contributed by atoms with van der Waals surface area (Å²) < 4.78 is 19.9. The molecule has 5 rings (SSSR count). The molecule has 2 N–H and O–H groups in total. The van der Waals surface area contributed by atoms with Gasteiger partial charge in [0.25, 0.3) is 0 Å². The summed E-state index contributed by atoms with van der Waals surface area (Å²) in [5.41, 5.74) is 3.70. The maximum absolute atomic E-state index is 14.4. The number of cyclic esters (lactones) is 1. The van der Waals surface area contributed by atoms with E-state index in [1.807, 2.05) is 50.2 Å². The molecule has 1 fully saturated rings. The number of ether oxygens (including phenoxy) is 1. The third-order valence-electron chi connectivity index (χ3n) is 6.65. The zero-order valence-corrected chi connectivity index (χ0v) is 18.6. The molecule has 2 aromatic carbocycles. The molecule has 3 atom stereocenters. The van der Waals surface area contributed by atoms with Crippen molar-refractivity contribution in [2.75, 3.05) is 0 Å². The van der Waals surface area contributed by atoms with Crippen molar-refractivity contribution in [1.82, 2.24) is 4.98 Å². The number of carbonyl (C=O) groups excluding carboxylic acids is 1. The normalized spacial score (nSPS) is 24.2. The van der Waals surface area contributed by atoms with Gasteiger partial charge in [-0.15, -0.1) is 0 Å². The Kier molecular flexibility index (Phi) is 5.30. The Hall–Kier alpha value is -3.09. The fourth-order valence-electron chi connectivity index (χ4n) is 5.08. The summed E-state index contributed by atoms with van der Waals surface area (Å²) in [5.74, 6) is -0.995. The number of aliphatic hydroxyl groups excluding tert-OH is 1. The van der Waals surface area contributed by atoms with Crippen LogP contribution in [0.1, 0.15) is 49.4 Å². The average molecular weight is 448 g/mol. The number of esters is 1. The Labute approximate surface area is 191 Å². The van der Waals surface area contributed by atoms with E-state index < -0.39 is 29.6 Å². The highest BCUT2D eigenvalue weighted by atomic mass is 19.1. The molecule has 6 heteroatoms. The smallest absolute Gasteiger partial charge is 0.308 e. The number of pyridine rings is 1. The summed E-state index contributed by atoms with van der Waals surface area (Å²) in [6, 6.07) is 16.2. The molecule has 1 aliphatic carbocycles. The molecule has 2 heterocycles. The molecule has 1 aliphatic heterocycles. The van der Waals surface area contributed by atoms with Crippen molar-refractivity contribution in [2.24, 2.45) is 0 Å². The summed E-state index contributed by atoms with van der Waals surface area (Å²) in [7, 11) is 0. The molecule has 170 valence electrons. The van der Waals surface area contributed by atoms with E-state index in [1.165, 1.54) is 12.1 Å².